The van der Waals surface area contributed by atoms with Gasteiger partial charge in [-0.3, -0.25) is 0 Å². The SMILES string of the molecule is CC(C)C1(CCc2ccc(F)cc2)N=C(N)C2=C(CCN(c3ncccc3C(F)(F)F)CC2)N1. The van der Waals surface area contributed by atoms with Crippen LogP contribution in [0.4, 0.5) is 23.4 Å². The van der Waals surface area contributed by atoms with Crippen LogP contribution in [0, 0.1) is 11.7 Å². The number of hydrogen-bond donors (Lipinski definition) is 2. The Kier molecular flexibility index (Phi) is 6.55. The number of aliphatic imine (C=N–C) groups is 1. The summed E-state index contributed by atoms with van der Waals surface area (Å²) < 4.78 is 53.9. The van der Waals surface area contributed by atoms with Crippen LogP contribution < -0.4 is 16.0 Å². The molecule has 1 aromatic heterocycles. The van der Waals surface area contributed by atoms with Crippen LogP contribution in [0.3, 0.4) is 0 Å². The van der Waals surface area contributed by atoms with Crippen LogP contribution in [0.1, 0.15) is 44.2 Å². The number of hydrogen-bond acceptors (Lipinski definition) is 5. The molecule has 34 heavy (non-hydrogen) atoms. The van der Waals surface area contributed by atoms with Crippen molar-refractivity contribution in [2.45, 2.75) is 51.4 Å². The van der Waals surface area contributed by atoms with Crippen LogP contribution in [-0.4, -0.2) is 29.6 Å². The molecule has 0 saturated heterocycles. The van der Waals surface area contributed by atoms with Gasteiger partial charge in [0.25, 0.3) is 0 Å². The Morgan fingerprint density at radius 2 is 1.82 bits per heavy atom. The smallest absolute Gasteiger partial charge is 0.384 e. The second-order valence-corrected chi connectivity index (χ2v) is 9.14. The molecule has 1 aromatic carbocycles. The van der Waals surface area contributed by atoms with Crippen LogP contribution in [-0.2, 0) is 12.6 Å². The number of halogens is 4. The largest absolute Gasteiger partial charge is 0.419 e. The quantitative estimate of drug-likeness (QED) is 0.595. The van der Waals surface area contributed by atoms with E-state index in [0.717, 1.165) is 22.9 Å². The number of nitrogens with one attached hydrogen (secondary N) is 1. The summed E-state index contributed by atoms with van der Waals surface area (Å²) in [6, 6.07) is 8.77. The minimum atomic E-state index is -4.48. The number of pyridine rings is 1. The van der Waals surface area contributed by atoms with Gasteiger partial charge in [0, 0.05) is 37.0 Å². The third kappa shape index (κ3) is 4.88. The molecule has 5 nitrogen and oxygen atoms in total. The zero-order chi connectivity index (χ0) is 24.5. The molecule has 1 atom stereocenters. The molecule has 9 heteroatoms. The maximum atomic E-state index is 13.6. The van der Waals surface area contributed by atoms with Gasteiger partial charge >= 0.3 is 6.18 Å². The van der Waals surface area contributed by atoms with Crippen LogP contribution in [0.15, 0.2) is 58.9 Å². The van der Waals surface area contributed by atoms with Crippen molar-refractivity contribution in [3.05, 3.63) is 70.8 Å². The van der Waals surface area contributed by atoms with Gasteiger partial charge in [0.2, 0.25) is 0 Å². The predicted molar refractivity (Wildman–Crippen MR) is 125 cm³/mol. The molecule has 1 unspecified atom stereocenters. The lowest BCUT2D eigenvalue weighted by atomic mass is 9.87. The summed E-state index contributed by atoms with van der Waals surface area (Å²) in [7, 11) is 0. The number of nitrogens with zero attached hydrogens (tertiary/aromatic N) is 3. The van der Waals surface area contributed by atoms with Crippen LogP contribution in [0.5, 0.6) is 0 Å². The number of aryl methyl sites for hydroxylation is 1. The maximum Gasteiger partial charge on any atom is 0.419 e. The first-order chi connectivity index (χ1) is 16.1. The minimum absolute atomic E-state index is 0.0585. The fourth-order valence-electron chi connectivity index (χ4n) is 4.65. The van der Waals surface area contributed by atoms with Gasteiger partial charge in [-0.25, -0.2) is 14.4 Å². The van der Waals surface area contributed by atoms with E-state index in [4.69, 9.17) is 10.7 Å². The van der Waals surface area contributed by atoms with Crippen molar-refractivity contribution in [3.63, 3.8) is 0 Å². The van der Waals surface area contributed by atoms with Crippen LogP contribution in [0.25, 0.3) is 0 Å². The average Bonchev–Trinajstić information content (AvgIpc) is 3.01. The standard InChI is InChI=1S/C25H29F4N5/c1-16(2)24(12-9-17-5-7-18(26)8-6-17)32-21-11-15-34(14-10-19(21)22(30)33-24)23-20(25(27,28)29)4-3-13-31-23/h3-8,13,16,32H,9-12,14-15H2,1-2H3,(H2,30,33). The first-order valence-electron chi connectivity index (χ1n) is 11.5. The summed E-state index contributed by atoms with van der Waals surface area (Å²) in [6.07, 6.45) is -0.789. The molecule has 4 rings (SSSR count). The Bertz CT molecular complexity index is 1090. The Morgan fingerprint density at radius 3 is 2.50 bits per heavy atom. The number of alkyl halides is 3. The van der Waals surface area contributed by atoms with E-state index >= 15 is 0 Å². The molecule has 2 aromatic rings. The van der Waals surface area contributed by atoms with Crippen LogP contribution >= 0.6 is 0 Å². The third-order valence-corrected chi connectivity index (χ3v) is 6.68. The normalized spacial score (nSPS) is 21.1. The molecule has 0 radical (unpaired) electrons. The molecule has 0 saturated carbocycles. The second-order valence-electron chi connectivity index (χ2n) is 9.14. The molecule has 0 amide bonds. The summed E-state index contributed by atoms with van der Waals surface area (Å²) in [5, 5.41) is 3.61. The van der Waals surface area contributed by atoms with Gasteiger partial charge in [-0.2, -0.15) is 13.2 Å². The molecular weight excluding hydrogens is 446 g/mol. The fourth-order valence-corrected chi connectivity index (χ4v) is 4.65. The minimum Gasteiger partial charge on any atom is -0.384 e. The molecule has 182 valence electrons. The van der Waals surface area contributed by atoms with E-state index in [2.05, 4.69) is 24.1 Å². The molecular formula is C25H29F4N5. The van der Waals surface area contributed by atoms with E-state index in [-0.39, 0.29) is 17.6 Å². The topological polar surface area (TPSA) is 66.5 Å². The first kappa shape index (κ1) is 24.0. The van der Waals surface area contributed by atoms with Gasteiger partial charge in [-0.15, -0.1) is 0 Å². The highest BCUT2D eigenvalue weighted by Crippen LogP contribution is 2.37. The monoisotopic (exact) mass is 475 g/mol. The fraction of sp³-hybridized carbons (Fsp3) is 0.440. The number of nitrogens with two attached hydrogens (primary N) is 1. The molecule has 0 aliphatic carbocycles. The Labute approximate surface area is 196 Å². The highest BCUT2D eigenvalue weighted by atomic mass is 19.4. The average molecular weight is 476 g/mol. The van der Waals surface area contributed by atoms with E-state index in [0.29, 0.717) is 44.6 Å². The van der Waals surface area contributed by atoms with E-state index in [1.807, 2.05) is 0 Å². The van der Waals surface area contributed by atoms with E-state index < -0.39 is 17.4 Å². The number of rotatable bonds is 5. The first-order valence-corrected chi connectivity index (χ1v) is 11.5. The number of aromatic nitrogens is 1. The van der Waals surface area contributed by atoms with Gasteiger partial charge in [-0.05, 0) is 55.0 Å². The lowest BCUT2D eigenvalue weighted by Gasteiger charge is -2.40. The van der Waals surface area contributed by atoms with E-state index in [9.17, 15) is 17.6 Å². The highest BCUT2D eigenvalue weighted by Gasteiger charge is 2.40. The van der Waals surface area contributed by atoms with E-state index in [1.165, 1.54) is 24.4 Å². The van der Waals surface area contributed by atoms with Crippen molar-refractivity contribution in [3.8, 4) is 0 Å². The van der Waals surface area contributed by atoms with Crippen molar-refractivity contribution in [2.24, 2.45) is 16.6 Å². The molecule has 2 aliphatic heterocycles. The molecule has 3 heterocycles. The van der Waals surface area contributed by atoms with Gasteiger partial charge < -0.3 is 16.0 Å². The van der Waals surface area contributed by atoms with Gasteiger partial charge in [0.1, 0.15) is 23.1 Å². The highest BCUT2D eigenvalue weighted by molar-refractivity contribution is 5.98. The van der Waals surface area contributed by atoms with E-state index in [1.54, 1.807) is 17.0 Å². The Hall–Kier alpha value is -3.10. The summed E-state index contributed by atoms with van der Waals surface area (Å²) in [6.45, 7) is 4.87. The van der Waals surface area contributed by atoms with Crippen molar-refractivity contribution >= 4 is 11.7 Å². The summed E-state index contributed by atoms with van der Waals surface area (Å²) in [5.41, 5.74) is 7.83. The zero-order valence-electron chi connectivity index (χ0n) is 19.3. The molecule has 2 aliphatic rings. The second kappa shape index (κ2) is 9.27. The Balaban J connectivity index is 1.54. The van der Waals surface area contributed by atoms with Crippen molar-refractivity contribution in [1.29, 1.82) is 0 Å². The molecule has 0 spiro atoms. The number of amidine groups is 1. The molecule has 0 fully saturated rings. The number of benzene rings is 1. The zero-order valence-corrected chi connectivity index (χ0v) is 19.3. The van der Waals surface area contributed by atoms with Crippen molar-refractivity contribution in [2.75, 3.05) is 18.0 Å². The molecule has 3 N–H and O–H groups in total. The summed E-state index contributed by atoms with van der Waals surface area (Å²) in [4.78, 5) is 10.6. The van der Waals surface area contributed by atoms with Gasteiger partial charge in [0.05, 0.1) is 5.56 Å². The Morgan fingerprint density at radius 1 is 1.12 bits per heavy atom. The number of anilines is 1. The van der Waals surface area contributed by atoms with Crippen molar-refractivity contribution in [1.82, 2.24) is 10.3 Å². The van der Waals surface area contributed by atoms with Gasteiger partial charge in [-0.1, -0.05) is 26.0 Å². The third-order valence-electron chi connectivity index (χ3n) is 6.68. The maximum absolute atomic E-state index is 13.6. The lowest BCUT2D eigenvalue weighted by Crippen LogP contribution is -2.52. The summed E-state index contributed by atoms with van der Waals surface area (Å²) >= 11 is 0. The van der Waals surface area contributed by atoms with Gasteiger partial charge in [0.15, 0.2) is 0 Å². The summed E-state index contributed by atoms with van der Waals surface area (Å²) in [5.74, 6) is 0.199. The lowest BCUT2D eigenvalue weighted by molar-refractivity contribution is -0.137. The van der Waals surface area contributed by atoms with Crippen molar-refractivity contribution < 1.29 is 17.6 Å². The predicted octanol–water partition coefficient (Wildman–Crippen LogP) is 5.04. The van der Waals surface area contributed by atoms with Crippen LogP contribution in [0.2, 0.25) is 0 Å². The molecule has 0 bridgehead atoms.